The fourth-order valence-electron chi connectivity index (χ4n) is 2.34. The average Bonchev–Trinajstić information content (AvgIpc) is 2.93. The minimum Gasteiger partial charge on any atom is -0.506 e. The van der Waals surface area contributed by atoms with E-state index in [9.17, 15) is 9.90 Å². The number of esters is 1. The number of aliphatic imine (C=N–C) groups is 1. The van der Waals surface area contributed by atoms with Crippen LogP contribution in [0.2, 0.25) is 0 Å². The summed E-state index contributed by atoms with van der Waals surface area (Å²) in [5, 5.41) is 11.0. The molecule has 0 bridgehead atoms. The summed E-state index contributed by atoms with van der Waals surface area (Å²) >= 11 is 1.23. The first-order valence-electron chi connectivity index (χ1n) is 8.14. The van der Waals surface area contributed by atoms with E-state index in [1.807, 2.05) is 37.3 Å². The molecule has 1 N–H and O–H groups in total. The standard InChI is InChI=1S/C20H18N2O3S/c1-3-25-20(24)17-18(23)16(11-14-5-4-10-21-12-14)26-19(17)22-15-8-6-13(2)7-9-15/h4-12,23H,3H2,1-2H3/b16-11-,22-19?. The van der Waals surface area contributed by atoms with Gasteiger partial charge in [-0.05, 0) is 43.7 Å². The number of hydrogen-bond donors (Lipinski definition) is 1. The van der Waals surface area contributed by atoms with E-state index in [1.54, 1.807) is 31.5 Å². The highest BCUT2D eigenvalue weighted by molar-refractivity contribution is 8.18. The van der Waals surface area contributed by atoms with Crippen LogP contribution in [0.25, 0.3) is 6.08 Å². The van der Waals surface area contributed by atoms with Crippen molar-refractivity contribution in [1.29, 1.82) is 0 Å². The Hall–Kier alpha value is -2.86. The molecule has 0 aliphatic carbocycles. The second kappa shape index (κ2) is 8.01. The molecule has 0 amide bonds. The molecule has 0 spiro atoms. The summed E-state index contributed by atoms with van der Waals surface area (Å²) in [6.45, 7) is 3.94. The van der Waals surface area contributed by atoms with Gasteiger partial charge in [0.1, 0.15) is 16.4 Å². The third-order valence-corrected chi connectivity index (χ3v) is 4.64. The van der Waals surface area contributed by atoms with Crippen LogP contribution in [0, 0.1) is 6.92 Å². The molecular formula is C20H18N2O3S. The van der Waals surface area contributed by atoms with E-state index in [4.69, 9.17) is 4.74 Å². The van der Waals surface area contributed by atoms with E-state index in [0.717, 1.165) is 11.1 Å². The van der Waals surface area contributed by atoms with Gasteiger partial charge in [0.05, 0.1) is 17.2 Å². The summed E-state index contributed by atoms with van der Waals surface area (Å²) in [6.07, 6.45) is 5.12. The van der Waals surface area contributed by atoms with Crippen molar-refractivity contribution in [1.82, 2.24) is 4.98 Å². The number of aliphatic hydroxyl groups excluding tert-OH is 1. The summed E-state index contributed by atoms with van der Waals surface area (Å²) in [7, 11) is 0. The number of nitrogens with zero attached hydrogens (tertiary/aromatic N) is 2. The Balaban J connectivity index is 2.02. The van der Waals surface area contributed by atoms with E-state index in [-0.39, 0.29) is 17.9 Å². The highest BCUT2D eigenvalue weighted by Gasteiger charge is 2.33. The van der Waals surface area contributed by atoms with E-state index in [0.29, 0.717) is 15.6 Å². The molecule has 132 valence electrons. The molecule has 0 saturated carbocycles. The number of aryl methyl sites for hydroxylation is 1. The lowest BCUT2D eigenvalue weighted by atomic mass is 10.2. The molecule has 6 heteroatoms. The van der Waals surface area contributed by atoms with Crippen molar-refractivity contribution in [2.75, 3.05) is 6.61 Å². The quantitative estimate of drug-likeness (QED) is 0.802. The van der Waals surface area contributed by atoms with Gasteiger partial charge in [0.2, 0.25) is 0 Å². The second-order valence-electron chi connectivity index (χ2n) is 5.59. The molecule has 2 heterocycles. The van der Waals surface area contributed by atoms with E-state index in [2.05, 4.69) is 9.98 Å². The zero-order chi connectivity index (χ0) is 18.5. The number of aromatic nitrogens is 1. The van der Waals surface area contributed by atoms with Crippen LogP contribution in [-0.4, -0.2) is 27.7 Å². The number of pyridine rings is 1. The first-order chi connectivity index (χ1) is 12.6. The summed E-state index contributed by atoms with van der Waals surface area (Å²) in [5.74, 6) is -0.707. The molecule has 0 unspecified atom stereocenters. The molecular weight excluding hydrogens is 348 g/mol. The van der Waals surface area contributed by atoms with Gasteiger partial charge in [-0.2, -0.15) is 0 Å². The van der Waals surface area contributed by atoms with Crippen LogP contribution in [0.4, 0.5) is 5.69 Å². The Labute approximate surface area is 156 Å². The van der Waals surface area contributed by atoms with Crippen LogP contribution in [0.3, 0.4) is 0 Å². The van der Waals surface area contributed by atoms with Gasteiger partial charge in [-0.25, -0.2) is 9.79 Å². The lowest BCUT2D eigenvalue weighted by Gasteiger charge is -2.04. The number of ether oxygens (including phenoxy) is 1. The SMILES string of the molecule is CCOC(=O)C1=C(O)/C(=C/c2cccnc2)SC1=Nc1ccc(C)cc1. The molecule has 0 atom stereocenters. The molecule has 2 aromatic rings. The number of hydrogen-bond acceptors (Lipinski definition) is 6. The number of rotatable bonds is 4. The normalized spacial score (nSPS) is 17.2. The number of carbonyl (C=O) groups excluding carboxylic acids is 1. The van der Waals surface area contributed by atoms with E-state index >= 15 is 0 Å². The highest BCUT2D eigenvalue weighted by Crippen LogP contribution is 2.40. The Kier molecular flexibility index (Phi) is 5.53. The van der Waals surface area contributed by atoms with Crippen molar-refractivity contribution in [3.8, 4) is 0 Å². The highest BCUT2D eigenvalue weighted by atomic mass is 32.2. The third-order valence-electron chi connectivity index (χ3n) is 3.62. The Morgan fingerprint density at radius 3 is 2.73 bits per heavy atom. The van der Waals surface area contributed by atoms with Crippen LogP contribution in [0.15, 0.2) is 70.0 Å². The van der Waals surface area contributed by atoms with Gasteiger partial charge >= 0.3 is 5.97 Å². The fourth-order valence-corrected chi connectivity index (χ4v) is 3.38. The second-order valence-corrected chi connectivity index (χ2v) is 6.62. The molecule has 5 nitrogen and oxygen atoms in total. The molecule has 0 radical (unpaired) electrons. The number of carbonyl (C=O) groups is 1. The summed E-state index contributed by atoms with van der Waals surface area (Å²) in [5.41, 5.74) is 2.73. The largest absolute Gasteiger partial charge is 0.506 e. The van der Waals surface area contributed by atoms with Crippen molar-refractivity contribution in [2.24, 2.45) is 4.99 Å². The number of aliphatic hydroxyl groups is 1. The van der Waals surface area contributed by atoms with E-state index < -0.39 is 5.97 Å². The van der Waals surface area contributed by atoms with Crippen LogP contribution >= 0.6 is 11.8 Å². The molecule has 1 aliphatic heterocycles. The lowest BCUT2D eigenvalue weighted by Crippen LogP contribution is -2.12. The van der Waals surface area contributed by atoms with Crippen molar-refractivity contribution < 1.29 is 14.6 Å². The predicted octanol–water partition coefficient (Wildman–Crippen LogP) is 4.58. The average molecular weight is 366 g/mol. The molecule has 1 aliphatic rings. The maximum atomic E-state index is 12.3. The van der Waals surface area contributed by atoms with Crippen molar-refractivity contribution in [3.63, 3.8) is 0 Å². The maximum Gasteiger partial charge on any atom is 0.344 e. The van der Waals surface area contributed by atoms with Gasteiger partial charge < -0.3 is 9.84 Å². The first kappa shape index (κ1) is 17.9. The maximum absolute atomic E-state index is 12.3. The van der Waals surface area contributed by atoms with Crippen LogP contribution in [0.1, 0.15) is 18.1 Å². The van der Waals surface area contributed by atoms with Gasteiger partial charge in [-0.3, -0.25) is 4.98 Å². The van der Waals surface area contributed by atoms with E-state index in [1.165, 1.54) is 11.8 Å². The summed E-state index contributed by atoms with van der Waals surface area (Å²) < 4.78 is 5.09. The zero-order valence-electron chi connectivity index (χ0n) is 14.5. The molecule has 0 fully saturated rings. The fraction of sp³-hybridized carbons (Fsp3) is 0.150. The van der Waals surface area contributed by atoms with Crippen LogP contribution in [0.5, 0.6) is 0 Å². The molecule has 1 aromatic carbocycles. The first-order valence-corrected chi connectivity index (χ1v) is 8.96. The van der Waals surface area contributed by atoms with Crippen molar-refractivity contribution in [3.05, 3.63) is 76.2 Å². The monoisotopic (exact) mass is 366 g/mol. The van der Waals surface area contributed by atoms with Gasteiger partial charge in [-0.15, -0.1) is 0 Å². The zero-order valence-corrected chi connectivity index (χ0v) is 15.3. The van der Waals surface area contributed by atoms with Crippen molar-refractivity contribution in [2.45, 2.75) is 13.8 Å². The summed E-state index contributed by atoms with van der Waals surface area (Å²) in [4.78, 5) is 21.5. The van der Waals surface area contributed by atoms with Crippen molar-refractivity contribution >= 4 is 34.5 Å². The van der Waals surface area contributed by atoms with Gasteiger partial charge in [0.25, 0.3) is 0 Å². The van der Waals surface area contributed by atoms with Gasteiger partial charge in [0, 0.05) is 12.4 Å². The minimum atomic E-state index is -0.585. The van der Waals surface area contributed by atoms with Gasteiger partial charge in [0.15, 0.2) is 0 Å². The molecule has 3 rings (SSSR count). The summed E-state index contributed by atoms with van der Waals surface area (Å²) in [6, 6.07) is 11.3. The number of benzene rings is 1. The minimum absolute atomic E-state index is 0.0903. The molecule has 0 saturated heterocycles. The third kappa shape index (κ3) is 4.03. The smallest absolute Gasteiger partial charge is 0.344 e. The van der Waals surface area contributed by atoms with Crippen LogP contribution < -0.4 is 0 Å². The Bertz CT molecular complexity index is 900. The Morgan fingerprint density at radius 1 is 1.31 bits per heavy atom. The Morgan fingerprint density at radius 2 is 2.08 bits per heavy atom. The van der Waals surface area contributed by atoms with Crippen LogP contribution in [-0.2, 0) is 9.53 Å². The lowest BCUT2D eigenvalue weighted by molar-refractivity contribution is -0.138. The molecule has 1 aromatic heterocycles. The topological polar surface area (TPSA) is 71.8 Å². The molecule has 26 heavy (non-hydrogen) atoms. The predicted molar refractivity (Wildman–Crippen MR) is 104 cm³/mol. The van der Waals surface area contributed by atoms with Gasteiger partial charge in [-0.1, -0.05) is 35.5 Å². The number of thioether (sulfide) groups is 1.